The normalized spacial score (nSPS) is 13.4. The lowest BCUT2D eigenvalue weighted by atomic mass is 9.97. The van der Waals surface area contributed by atoms with Crippen molar-refractivity contribution < 1.29 is 4.79 Å². The molecule has 33 heavy (non-hydrogen) atoms. The molecule has 0 aliphatic heterocycles. The van der Waals surface area contributed by atoms with Crippen molar-refractivity contribution in [3.05, 3.63) is 90.7 Å². The molecule has 1 amide bonds. The summed E-state index contributed by atoms with van der Waals surface area (Å²) in [6.07, 6.45) is 5.79. The van der Waals surface area contributed by atoms with E-state index in [1.54, 1.807) is 40.3 Å². The van der Waals surface area contributed by atoms with Gasteiger partial charge in [-0.1, -0.05) is 34.1 Å². The van der Waals surface area contributed by atoms with Crippen LogP contribution in [0.5, 0.6) is 0 Å². The van der Waals surface area contributed by atoms with Gasteiger partial charge in [0.25, 0.3) is 11.5 Å². The molecule has 4 aromatic rings. The van der Waals surface area contributed by atoms with Gasteiger partial charge in [0.1, 0.15) is 10.7 Å². The quantitative estimate of drug-likeness (QED) is 0.298. The molecule has 0 unspecified atom stereocenters. The van der Waals surface area contributed by atoms with Crippen LogP contribution in [0.25, 0.3) is 15.9 Å². The molecule has 0 bridgehead atoms. The van der Waals surface area contributed by atoms with Crippen molar-refractivity contribution in [3.63, 3.8) is 0 Å². The second-order valence-electron chi connectivity index (χ2n) is 8.00. The van der Waals surface area contributed by atoms with E-state index in [2.05, 4.69) is 26.5 Å². The van der Waals surface area contributed by atoms with Gasteiger partial charge in [-0.25, -0.2) is 10.4 Å². The molecule has 0 fully saturated rings. The van der Waals surface area contributed by atoms with Crippen molar-refractivity contribution in [2.75, 3.05) is 0 Å². The van der Waals surface area contributed by atoms with E-state index >= 15 is 0 Å². The highest BCUT2D eigenvalue weighted by atomic mass is 79.9. The van der Waals surface area contributed by atoms with Crippen LogP contribution in [0, 0.1) is 6.92 Å². The lowest BCUT2D eigenvalue weighted by Gasteiger charge is -2.12. The minimum Gasteiger partial charge on any atom is -0.268 e. The number of amides is 1. The molecule has 0 atom stereocenters. The van der Waals surface area contributed by atoms with Crippen LogP contribution in [0.2, 0.25) is 0 Å². The minimum atomic E-state index is -0.351. The van der Waals surface area contributed by atoms with E-state index in [1.807, 2.05) is 37.3 Å². The van der Waals surface area contributed by atoms with Crippen molar-refractivity contribution in [3.8, 4) is 5.69 Å². The molecule has 2 heterocycles. The van der Waals surface area contributed by atoms with Gasteiger partial charge in [-0.2, -0.15) is 5.10 Å². The third kappa shape index (κ3) is 4.28. The number of thiophene rings is 1. The first-order chi connectivity index (χ1) is 16.0. The molecule has 6 nitrogen and oxygen atoms in total. The smallest absolute Gasteiger partial charge is 0.268 e. The molecule has 1 aliphatic carbocycles. The largest absolute Gasteiger partial charge is 0.271 e. The second kappa shape index (κ2) is 9.03. The summed E-state index contributed by atoms with van der Waals surface area (Å²) in [5, 5.41) is 4.78. The van der Waals surface area contributed by atoms with Crippen molar-refractivity contribution in [1.82, 2.24) is 15.0 Å². The summed E-state index contributed by atoms with van der Waals surface area (Å²) in [4.78, 5) is 33.0. The highest BCUT2D eigenvalue weighted by Crippen LogP contribution is 2.34. The highest BCUT2D eigenvalue weighted by Gasteiger charge is 2.22. The maximum absolute atomic E-state index is 13.5. The zero-order chi connectivity index (χ0) is 22.9. The number of hydrogen-bond acceptors (Lipinski definition) is 5. The van der Waals surface area contributed by atoms with E-state index in [0.717, 1.165) is 51.5 Å². The number of benzene rings is 2. The minimum absolute atomic E-state index is 0.0675. The van der Waals surface area contributed by atoms with E-state index in [0.29, 0.717) is 17.1 Å². The van der Waals surface area contributed by atoms with Gasteiger partial charge in [-0.3, -0.25) is 14.2 Å². The fourth-order valence-electron chi connectivity index (χ4n) is 4.21. The van der Waals surface area contributed by atoms with Crippen LogP contribution in [-0.4, -0.2) is 21.7 Å². The fraction of sp³-hybridized carbons (Fsp3) is 0.200. The summed E-state index contributed by atoms with van der Waals surface area (Å²) in [6, 6.07) is 14.6. The van der Waals surface area contributed by atoms with Gasteiger partial charge < -0.3 is 0 Å². The van der Waals surface area contributed by atoms with Crippen molar-refractivity contribution in [1.29, 1.82) is 0 Å². The monoisotopic (exact) mass is 520 g/mol. The van der Waals surface area contributed by atoms with Crippen LogP contribution in [0.15, 0.2) is 62.9 Å². The summed E-state index contributed by atoms with van der Waals surface area (Å²) in [7, 11) is 0. The predicted molar refractivity (Wildman–Crippen MR) is 136 cm³/mol. The van der Waals surface area contributed by atoms with E-state index < -0.39 is 0 Å². The number of aryl methyl sites for hydroxylation is 3. The van der Waals surface area contributed by atoms with Crippen LogP contribution in [0.4, 0.5) is 0 Å². The zero-order valence-corrected chi connectivity index (χ0v) is 20.4. The molecule has 8 heteroatoms. The van der Waals surface area contributed by atoms with Gasteiger partial charge in [0.2, 0.25) is 0 Å². The molecule has 1 N–H and O–H groups in total. The highest BCUT2D eigenvalue weighted by molar-refractivity contribution is 9.10. The Labute approximate surface area is 203 Å². The maximum Gasteiger partial charge on any atom is 0.271 e. The van der Waals surface area contributed by atoms with Gasteiger partial charge in [0, 0.05) is 14.9 Å². The lowest BCUT2D eigenvalue weighted by Crippen LogP contribution is -2.23. The van der Waals surface area contributed by atoms with Crippen LogP contribution in [-0.2, 0) is 12.8 Å². The van der Waals surface area contributed by atoms with E-state index in [1.165, 1.54) is 4.88 Å². The molecule has 0 radical (unpaired) electrons. The number of halogens is 1. The predicted octanol–water partition coefficient (Wildman–Crippen LogP) is 5.16. The van der Waals surface area contributed by atoms with Crippen molar-refractivity contribution in [2.45, 2.75) is 32.6 Å². The Hall–Kier alpha value is -3.10. The number of nitrogens with zero attached hydrogens (tertiary/aromatic N) is 3. The molecule has 0 spiro atoms. The van der Waals surface area contributed by atoms with Gasteiger partial charge in [0.15, 0.2) is 0 Å². The number of hydrazone groups is 1. The average molecular weight is 521 g/mol. The zero-order valence-electron chi connectivity index (χ0n) is 18.0. The Balaban J connectivity index is 1.46. The van der Waals surface area contributed by atoms with Crippen LogP contribution in [0.1, 0.15) is 45.0 Å². The standard InChI is InChI=1S/C25H21BrN4O2S/c1-15-28-24-22(20-10-2-3-11-21(20)33-24)25(32)30(15)19-9-5-7-17(13-19)23(31)29-27-14-16-6-4-8-18(26)12-16/h4-9,12-14H,2-3,10-11H2,1H3,(H,29,31)/b27-14+. The average Bonchev–Trinajstić information content (AvgIpc) is 3.17. The van der Waals surface area contributed by atoms with Gasteiger partial charge in [0.05, 0.1) is 17.3 Å². The Morgan fingerprint density at radius 1 is 1.18 bits per heavy atom. The van der Waals surface area contributed by atoms with Crippen LogP contribution in [0.3, 0.4) is 0 Å². The molecular formula is C25H21BrN4O2S. The number of rotatable bonds is 4. The number of carbonyl (C=O) groups is 1. The molecule has 0 saturated heterocycles. The van der Waals surface area contributed by atoms with E-state index in [-0.39, 0.29) is 11.5 Å². The summed E-state index contributed by atoms with van der Waals surface area (Å²) in [5.74, 6) is 0.257. The van der Waals surface area contributed by atoms with Gasteiger partial charge in [-0.15, -0.1) is 11.3 Å². The van der Waals surface area contributed by atoms with Crippen LogP contribution >= 0.6 is 27.3 Å². The van der Waals surface area contributed by atoms with E-state index in [4.69, 9.17) is 4.98 Å². The first-order valence-corrected chi connectivity index (χ1v) is 12.4. The summed E-state index contributed by atoms with van der Waals surface area (Å²) >= 11 is 5.05. The molecule has 166 valence electrons. The number of aromatic nitrogens is 2. The molecule has 5 rings (SSSR count). The summed E-state index contributed by atoms with van der Waals surface area (Å²) in [6.45, 7) is 1.83. The maximum atomic E-state index is 13.5. The Morgan fingerprint density at radius 2 is 2.00 bits per heavy atom. The number of carbonyl (C=O) groups excluding carboxylic acids is 1. The molecule has 1 aliphatic rings. The third-order valence-corrected chi connectivity index (χ3v) is 7.43. The van der Waals surface area contributed by atoms with E-state index in [9.17, 15) is 9.59 Å². The van der Waals surface area contributed by atoms with Gasteiger partial charge in [-0.05, 0) is 74.1 Å². The third-order valence-electron chi connectivity index (χ3n) is 5.75. The molecule has 2 aromatic carbocycles. The van der Waals surface area contributed by atoms with Gasteiger partial charge >= 0.3 is 0 Å². The van der Waals surface area contributed by atoms with Crippen molar-refractivity contribution in [2.24, 2.45) is 5.10 Å². The van der Waals surface area contributed by atoms with Crippen LogP contribution < -0.4 is 11.0 Å². The Kier molecular flexibility index (Phi) is 5.95. The SMILES string of the molecule is Cc1nc2sc3c(c2c(=O)n1-c1cccc(C(=O)N/N=C/c2cccc(Br)c2)c1)CCCC3. The number of hydrogen-bond donors (Lipinski definition) is 1. The molecular weight excluding hydrogens is 500 g/mol. The second-order valence-corrected chi connectivity index (χ2v) is 9.99. The number of fused-ring (bicyclic) bond motifs is 3. The Morgan fingerprint density at radius 3 is 2.85 bits per heavy atom. The first kappa shape index (κ1) is 21.7. The Bertz CT molecular complexity index is 1470. The molecule has 2 aromatic heterocycles. The fourth-order valence-corrected chi connectivity index (χ4v) is 5.93. The van der Waals surface area contributed by atoms with Crippen molar-refractivity contribution >= 4 is 49.6 Å². The summed E-state index contributed by atoms with van der Waals surface area (Å²) in [5.41, 5.74) is 5.54. The lowest BCUT2D eigenvalue weighted by molar-refractivity contribution is 0.0955. The molecule has 0 saturated carbocycles. The first-order valence-electron chi connectivity index (χ1n) is 10.7. The summed E-state index contributed by atoms with van der Waals surface area (Å²) < 4.78 is 2.54. The number of nitrogens with one attached hydrogen (secondary N) is 1. The topological polar surface area (TPSA) is 76.3 Å².